The molecule has 0 aliphatic rings. The van der Waals surface area contributed by atoms with E-state index in [2.05, 4.69) is 32.3 Å². The van der Waals surface area contributed by atoms with Crippen molar-refractivity contribution in [2.24, 2.45) is 0 Å². The van der Waals surface area contributed by atoms with E-state index in [9.17, 15) is 0 Å². The highest BCUT2D eigenvalue weighted by molar-refractivity contribution is 4.90. The monoisotopic (exact) mass is 209 g/mol. The van der Waals surface area contributed by atoms with Crippen molar-refractivity contribution in [2.45, 2.75) is 58.8 Å². The maximum atomic E-state index is 4.01. The fraction of sp³-hybridized carbons (Fsp3) is 0.714. The van der Waals surface area contributed by atoms with Gasteiger partial charge >= 0.3 is 0 Å². The van der Waals surface area contributed by atoms with Gasteiger partial charge in [0, 0.05) is 12.2 Å². The molecule has 0 unspecified atom stereocenters. The van der Waals surface area contributed by atoms with E-state index in [4.69, 9.17) is 0 Å². The first-order chi connectivity index (χ1) is 7.16. The highest BCUT2D eigenvalue weighted by Gasteiger charge is 1.93. The second-order valence-electron chi connectivity index (χ2n) is 4.40. The Morgan fingerprint density at radius 3 is 2.33 bits per heavy atom. The fourth-order valence-corrected chi connectivity index (χ4v) is 1.47. The van der Waals surface area contributed by atoms with Crippen LogP contribution in [0.1, 0.15) is 58.8 Å². The second kappa shape index (κ2) is 9.82. The largest absolute Gasteiger partial charge is 0.389 e. The van der Waals surface area contributed by atoms with Crippen molar-refractivity contribution in [3.63, 3.8) is 0 Å². The molecule has 0 amide bonds. The Morgan fingerprint density at radius 2 is 1.73 bits per heavy atom. The van der Waals surface area contributed by atoms with Gasteiger partial charge in [-0.3, -0.25) is 0 Å². The number of hydrogen-bond acceptors (Lipinski definition) is 1. The third-order valence-electron chi connectivity index (χ3n) is 2.49. The molecule has 88 valence electrons. The number of hydrogen-bond donors (Lipinski definition) is 1. The number of allylic oxidation sites excluding steroid dienone is 2. The highest BCUT2D eigenvalue weighted by Crippen LogP contribution is 2.06. The molecule has 1 N–H and O–H groups in total. The Hall–Kier alpha value is -0.720. The van der Waals surface area contributed by atoms with Crippen LogP contribution >= 0.6 is 0 Å². The first-order valence-electron chi connectivity index (χ1n) is 6.22. The summed E-state index contributed by atoms with van der Waals surface area (Å²) in [6, 6.07) is 0. The third-order valence-corrected chi connectivity index (χ3v) is 2.49. The van der Waals surface area contributed by atoms with Gasteiger partial charge in [0.1, 0.15) is 0 Å². The normalized spacial score (nSPS) is 10.0. The minimum Gasteiger partial charge on any atom is -0.389 e. The van der Waals surface area contributed by atoms with Gasteiger partial charge in [0.2, 0.25) is 0 Å². The predicted molar refractivity (Wildman–Crippen MR) is 69.9 cm³/mol. The summed E-state index contributed by atoms with van der Waals surface area (Å²) in [5.74, 6) is 0. The fourth-order valence-electron chi connectivity index (χ4n) is 1.47. The van der Waals surface area contributed by atoms with Gasteiger partial charge in [-0.1, -0.05) is 31.9 Å². The molecular weight excluding hydrogens is 182 g/mol. The van der Waals surface area contributed by atoms with Crippen LogP contribution in [-0.4, -0.2) is 6.54 Å². The van der Waals surface area contributed by atoms with E-state index < -0.39 is 0 Å². The Bertz CT molecular complexity index is 182. The lowest BCUT2D eigenvalue weighted by molar-refractivity contribution is 0.624. The summed E-state index contributed by atoms with van der Waals surface area (Å²) in [6.45, 7) is 13.3. The molecule has 0 aromatic carbocycles. The Balaban J connectivity index is 3.16. The van der Waals surface area contributed by atoms with Gasteiger partial charge in [0.25, 0.3) is 0 Å². The summed E-state index contributed by atoms with van der Waals surface area (Å²) >= 11 is 0. The van der Waals surface area contributed by atoms with E-state index in [-0.39, 0.29) is 0 Å². The van der Waals surface area contributed by atoms with Crippen molar-refractivity contribution in [3.05, 3.63) is 24.4 Å². The number of unbranched alkanes of at least 4 members (excludes halogenated alkanes) is 3. The van der Waals surface area contributed by atoms with Crippen molar-refractivity contribution >= 4 is 0 Å². The Morgan fingerprint density at radius 1 is 1.00 bits per heavy atom. The molecule has 1 nitrogen and oxygen atoms in total. The molecular formula is C14H27N. The lowest BCUT2D eigenvalue weighted by atomic mass is 10.1. The molecule has 0 aliphatic heterocycles. The van der Waals surface area contributed by atoms with E-state index in [1.165, 1.54) is 49.8 Å². The smallest absolute Gasteiger partial charge is 0.0143 e. The van der Waals surface area contributed by atoms with Gasteiger partial charge in [-0.2, -0.15) is 0 Å². The predicted octanol–water partition coefficient (Wildman–Crippen LogP) is 4.42. The summed E-state index contributed by atoms with van der Waals surface area (Å²) in [5, 5.41) is 3.39. The van der Waals surface area contributed by atoms with Gasteiger partial charge in [0.15, 0.2) is 0 Å². The van der Waals surface area contributed by atoms with Crippen LogP contribution in [0.15, 0.2) is 24.4 Å². The van der Waals surface area contributed by atoms with Crippen LogP contribution in [0, 0.1) is 0 Å². The van der Waals surface area contributed by atoms with Crippen molar-refractivity contribution in [3.8, 4) is 0 Å². The van der Waals surface area contributed by atoms with Crippen molar-refractivity contribution < 1.29 is 0 Å². The SMILES string of the molecule is C=C(C)CCCCCNC(=C)CCCC. The van der Waals surface area contributed by atoms with Crippen LogP contribution < -0.4 is 5.32 Å². The van der Waals surface area contributed by atoms with Crippen molar-refractivity contribution in [1.29, 1.82) is 0 Å². The molecule has 0 rings (SSSR count). The molecule has 0 saturated carbocycles. The molecule has 15 heavy (non-hydrogen) atoms. The molecule has 0 atom stereocenters. The Labute approximate surface area is 95.7 Å². The summed E-state index contributed by atoms with van der Waals surface area (Å²) in [7, 11) is 0. The minimum absolute atomic E-state index is 1.08. The van der Waals surface area contributed by atoms with E-state index in [0.29, 0.717) is 0 Å². The summed E-state index contributed by atoms with van der Waals surface area (Å²) in [6.07, 6.45) is 8.62. The molecule has 0 radical (unpaired) electrons. The summed E-state index contributed by atoms with van der Waals surface area (Å²) in [4.78, 5) is 0. The van der Waals surface area contributed by atoms with Crippen LogP contribution in [0.25, 0.3) is 0 Å². The van der Waals surface area contributed by atoms with Crippen LogP contribution in [0.2, 0.25) is 0 Å². The van der Waals surface area contributed by atoms with Crippen molar-refractivity contribution in [2.75, 3.05) is 6.54 Å². The van der Waals surface area contributed by atoms with Gasteiger partial charge in [-0.05, 0) is 39.0 Å². The lowest BCUT2D eigenvalue weighted by Crippen LogP contribution is -2.13. The summed E-state index contributed by atoms with van der Waals surface area (Å²) in [5.41, 5.74) is 2.51. The molecule has 0 aromatic rings. The molecule has 0 heterocycles. The van der Waals surface area contributed by atoms with Crippen LogP contribution in [0.5, 0.6) is 0 Å². The number of nitrogens with one attached hydrogen (secondary N) is 1. The van der Waals surface area contributed by atoms with E-state index in [0.717, 1.165) is 13.0 Å². The molecule has 0 fully saturated rings. The maximum Gasteiger partial charge on any atom is 0.0143 e. The van der Waals surface area contributed by atoms with E-state index in [1.807, 2.05) is 0 Å². The lowest BCUT2D eigenvalue weighted by Gasteiger charge is -2.08. The molecule has 0 aromatic heterocycles. The highest BCUT2D eigenvalue weighted by atomic mass is 14.9. The third kappa shape index (κ3) is 11.2. The van der Waals surface area contributed by atoms with Gasteiger partial charge in [-0.25, -0.2) is 0 Å². The average Bonchev–Trinajstić information content (AvgIpc) is 2.19. The zero-order chi connectivity index (χ0) is 11.5. The zero-order valence-electron chi connectivity index (χ0n) is 10.6. The molecule has 0 spiro atoms. The quantitative estimate of drug-likeness (QED) is 0.415. The number of rotatable bonds is 10. The first kappa shape index (κ1) is 14.3. The van der Waals surface area contributed by atoms with Gasteiger partial charge < -0.3 is 5.32 Å². The van der Waals surface area contributed by atoms with Crippen LogP contribution in [0.3, 0.4) is 0 Å². The molecule has 0 aliphatic carbocycles. The molecule has 1 heteroatoms. The first-order valence-corrected chi connectivity index (χ1v) is 6.22. The average molecular weight is 209 g/mol. The standard InChI is InChI=1S/C14H27N/c1-5-6-11-14(4)15-12-9-7-8-10-13(2)3/h15H,2,4-12H2,1,3H3. The molecule has 0 bridgehead atoms. The Kier molecular flexibility index (Phi) is 9.35. The van der Waals surface area contributed by atoms with E-state index in [1.54, 1.807) is 0 Å². The molecule has 0 saturated heterocycles. The van der Waals surface area contributed by atoms with Gasteiger partial charge in [0.05, 0.1) is 0 Å². The maximum absolute atomic E-state index is 4.01. The second-order valence-corrected chi connectivity index (χ2v) is 4.40. The topological polar surface area (TPSA) is 12.0 Å². The van der Waals surface area contributed by atoms with Crippen LogP contribution in [0.4, 0.5) is 0 Å². The zero-order valence-corrected chi connectivity index (χ0v) is 10.6. The van der Waals surface area contributed by atoms with Crippen molar-refractivity contribution in [1.82, 2.24) is 5.32 Å². The van der Waals surface area contributed by atoms with E-state index >= 15 is 0 Å². The van der Waals surface area contributed by atoms with Crippen LogP contribution in [-0.2, 0) is 0 Å². The minimum atomic E-state index is 1.08. The summed E-state index contributed by atoms with van der Waals surface area (Å²) < 4.78 is 0. The van der Waals surface area contributed by atoms with Gasteiger partial charge in [-0.15, -0.1) is 6.58 Å².